The highest BCUT2D eigenvalue weighted by Crippen LogP contribution is 2.29. The lowest BCUT2D eigenvalue weighted by Gasteiger charge is -2.21. The topological polar surface area (TPSA) is 95.3 Å². The van der Waals surface area contributed by atoms with Crippen molar-refractivity contribution in [3.63, 3.8) is 0 Å². The van der Waals surface area contributed by atoms with Gasteiger partial charge in [0.25, 0.3) is 0 Å². The van der Waals surface area contributed by atoms with Crippen molar-refractivity contribution in [3.05, 3.63) is 44.8 Å². The number of carbonyl (C=O) groups excluding carboxylic acids is 1. The highest BCUT2D eigenvalue weighted by molar-refractivity contribution is 5.76. The van der Waals surface area contributed by atoms with Crippen molar-refractivity contribution in [2.45, 2.75) is 39.8 Å². The quantitative estimate of drug-likeness (QED) is 0.388. The molecule has 0 amide bonds. The van der Waals surface area contributed by atoms with Gasteiger partial charge >= 0.3 is 5.97 Å². The standard InChI is InChI=1S/C14H19N3O3/c1-5-20-14(19)13(18)12(16-17-15)11-9(3)6-8(2)7-10(11)4/h6-7,12-13,18H,5H2,1-4H3. The van der Waals surface area contributed by atoms with Crippen LogP contribution in [-0.4, -0.2) is 23.8 Å². The molecule has 1 aromatic carbocycles. The molecule has 0 heterocycles. The molecule has 6 nitrogen and oxygen atoms in total. The molecule has 1 N–H and O–H groups in total. The molecule has 6 heteroatoms. The number of nitrogens with zero attached hydrogens (tertiary/aromatic N) is 3. The zero-order valence-electron chi connectivity index (χ0n) is 12.1. The van der Waals surface area contributed by atoms with Gasteiger partial charge in [-0.15, -0.1) is 0 Å². The Morgan fingerprint density at radius 3 is 2.40 bits per heavy atom. The summed E-state index contributed by atoms with van der Waals surface area (Å²) in [5.41, 5.74) is 12.1. The lowest BCUT2D eigenvalue weighted by Crippen LogP contribution is -2.29. The number of azide groups is 1. The van der Waals surface area contributed by atoms with E-state index in [1.807, 2.05) is 32.9 Å². The summed E-state index contributed by atoms with van der Waals surface area (Å²) in [7, 11) is 0. The molecule has 20 heavy (non-hydrogen) atoms. The molecule has 2 atom stereocenters. The number of ether oxygens (including phenoxy) is 1. The monoisotopic (exact) mass is 277 g/mol. The Hall–Kier alpha value is -2.04. The van der Waals surface area contributed by atoms with Gasteiger partial charge in [0.1, 0.15) is 0 Å². The second-order valence-electron chi connectivity index (χ2n) is 4.66. The summed E-state index contributed by atoms with van der Waals surface area (Å²) in [5, 5.41) is 13.7. The van der Waals surface area contributed by atoms with Gasteiger partial charge in [-0.3, -0.25) is 0 Å². The maximum atomic E-state index is 11.7. The molecule has 0 aliphatic heterocycles. The van der Waals surface area contributed by atoms with Gasteiger partial charge in [0, 0.05) is 4.91 Å². The molecular weight excluding hydrogens is 258 g/mol. The molecule has 0 fully saturated rings. The average Bonchev–Trinajstić information content (AvgIpc) is 2.36. The van der Waals surface area contributed by atoms with E-state index in [2.05, 4.69) is 10.0 Å². The van der Waals surface area contributed by atoms with Crippen LogP contribution in [0.1, 0.15) is 35.2 Å². The summed E-state index contributed by atoms with van der Waals surface area (Å²) in [4.78, 5) is 14.4. The van der Waals surface area contributed by atoms with Gasteiger partial charge in [0.05, 0.1) is 12.6 Å². The van der Waals surface area contributed by atoms with Crippen LogP contribution < -0.4 is 0 Å². The highest BCUT2D eigenvalue weighted by Gasteiger charge is 2.30. The number of carbonyl (C=O) groups is 1. The summed E-state index contributed by atoms with van der Waals surface area (Å²) in [5.74, 6) is -0.788. The Morgan fingerprint density at radius 1 is 1.40 bits per heavy atom. The van der Waals surface area contributed by atoms with Crippen LogP contribution in [0.3, 0.4) is 0 Å². The smallest absolute Gasteiger partial charge is 0.335 e. The molecule has 2 unspecified atom stereocenters. The Kier molecular flexibility index (Phi) is 5.55. The largest absolute Gasteiger partial charge is 0.464 e. The lowest BCUT2D eigenvalue weighted by molar-refractivity contribution is -0.154. The van der Waals surface area contributed by atoms with E-state index < -0.39 is 18.1 Å². The van der Waals surface area contributed by atoms with Gasteiger partial charge in [0.2, 0.25) is 0 Å². The molecule has 0 spiro atoms. The van der Waals surface area contributed by atoms with Crippen LogP contribution in [0.5, 0.6) is 0 Å². The number of hydrogen-bond acceptors (Lipinski definition) is 4. The first-order valence-corrected chi connectivity index (χ1v) is 6.39. The van der Waals surface area contributed by atoms with E-state index in [9.17, 15) is 9.90 Å². The summed E-state index contributed by atoms with van der Waals surface area (Å²) in [6, 6.07) is 2.85. The first-order chi connectivity index (χ1) is 9.42. The molecule has 1 rings (SSSR count). The summed E-state index contributed by atoms with van der Waals surface area (Å²) in [6.45, 7) is 7.47. The number of aliphatic hydroxyl groups excluding tert-OH is 1. The number of benzene rings is 1. The molecule has 0 bridgehead atoms. The first kappa shape index (κ1) is 16.0. The van der Waals surface area contributed by atoms with Gasteiger partial charge < -0.3 is 9.84 Å². The van der Waals surface area contributed by atoms with Crippen molar-refractivity contribution in [2.24, 2.45) is 5.11 Å². The normalized spacial score (nSPS) is 13.2. The summed E-state index contributed by atoms with van der Waals surface area (Å²) in [6.07, 6.45) is -1.51. The van der Waals surface area contributed by atoms with E-state index in [4.69, 9.17) is 10.3 Å². The first-order valence-electron chi connectivity index (χ1n) is 6.39. The number of aryl methyl sites for hydroxylation is 3. The Morgan fingerprint density at radius 2 is 1.95 bits per heavy atom. The zero-order valence-corrected chi connectivity index (χ0v) is 12.1. The van der Waals surface area contributed by atoms with Gasteiger partial charge in [-0.2, -0.15) is 0 Å². The van der Waals surface area contributed by atoms with Crippen molar-refractivity contribution in [3.8, 4) is 0 Å². The molecule has 0 aliphatic rings. The van der Waals surface area contributed by atoms with Crippen LogP contribution in [0.4, 0.5) is 0 Å². The minimum absolute atomic E-state index is 0.157. The molecule has 0 saturated carbocycles. The SMILES string of the molecule is CCOC(=O)C(O)C(N=[N+]=[N-])c1c(C)cc(C)cc1C. The maximum absolute atomic E-state index is 11.7. The van der Waals surface area contributed by atoms with Crippen molar-refractivity contribution in [2.75, 3.05) is 6.61 Å². The molecule has 0 saturated heterocycles. The Labute approximate surface area is 118 Å². The second-order valence-corrected chi connectivity index (χ2v) is 4.66. The third-order valence-corrected chi connectivity index (χ3v) is 3.04. The van der Waals surface area contributed by atoms with Gasteiger partial charge in [-0.05, 0) is 49.9 Å². The van der Waals surface area contributed by atoms with Gasteiger partial charge in [-0.1, -0.05) is 22.8 Å². The van der Waals surface area contributed by atoms with Crippen LogP contribution >= 0.6 is 0 Å². The van der Waals surface area contributed by atoms with Gasteiger partial charge in [0.15, 0.2) is 6.10 Å². The highest BCUT2D eigenvalue weighted by atomic mass is 16.5. The van der Waals surface area contributed by atoms with Crippen molar-refractivity contribution in [1.82, 2.24) is 0 Å². The van der Waals surface area contributed by atoms with Crippen LogP contribution in [0.15, 0.2) is 17.2 Å². The van der Waals surface area contributed by atoms with Crippen LogP contribution in [0.2, 0.25) is 0 Å². The molecule has 108 valence electrons. The molecular formula is C14H19N3O3. The van der Waals surface area contributed by atoms with Crippen LogP contribution in [0, 0.1) is 20.8 Å². The summed E-state index contributed by atoms with van der Waals surface area (Å²) >= 11 is 0. The molecule has 1 aromatic rings. The van der Waals surface area contributed by atoms with E-state index in [0.717, 1.165) is 16.7 Å². The van der Waals surface area contributed by atoms with E-state index in [1.54, 1.807) is 6.92 Å². The lowest BCUT2D eigenvalue weighted by atomic mass is 9.91. The zero-order chi connectivity index (χ0) is 15.3. The van der Waals surface area contributed by atoms with E-state index >= 15 is 0 Å². The maximum Gasteiger partial charge on any atom is 0.335 e. The van der Waals surface area contributed by atoms with E-state index in [1.165, 1.54) is 0 Å². The predicted octanol–water partition coefficient (Wildman–Crippen LogP) is 2.89. The number of rotatable bonds is 5. The van der Waals surface area contributed by atoms with Crippen LogP contribution in [-0.2, 0) is 9.53 Å². The Balaban J connectivity index is 3.28. The van der Waals surface area contributed by atoms with Gasteiger partial charge in [-0.25, -0.2) is 4.79 Å². The fraction of sp³-hybridized carbons (Fsp3) is 0.500. The fourth-order valence-electron chi connectivity index (χ4n) is 2.35. The van der Waals surface area contributed by atoms with Crippen molar-refractivity contribution < 1.29 is 14.6 Å². The number of aliphatic hydroxyl groups is 1. The van der Waals surface area contributed by atoms with Crippen LogP contribution in [0.25, 0.3) is 10.4 Å². The molecule has 0 aliphatic carbocycles. The summed E-state index contributed by atoms with van der Waals surface area (Å²) < 4.78 is 4.78. The van der Waals surface area contributed by atoms with Crippen molar-refractivity contribution >= 4 is 5.97 Å². The average molecular weight is 277 g/mol. The van der Waals surface area contributed by atoms with Crippen molar-refractivity contribution in [1.29, 1.82) is 0 Å². The number of hydrogen-bond donors (Lipinski definition) is 1. The predicted molar refractivity (Wildman–Crippen MR) is 75.2 cm³/mol. The molecule has 0 aromatic heterocycles. The fourth-order valence-corrected chi connectivity index (χ4v) is 2.35. The Bertz CT molecular complexity index is 528. The second kappa shape index (κ2) is 6.93. The third-order valence-electron chi connectivity index (χ3n) is 3.04. The minimum Gasteiger partial charge on any atom is -0.464 e. The minimum atomic E-state index is -1.51. The van der Waals surface area contributed by atoms with E-state index in [-0.39, 0.29) is 6.61 Å². The number of esters is 1. The third kappa shape index (κ3) is 3.50. The molecule has 0 radical (unpaired) electrons. The van der Waals surface area contributed by atoms with E-state index in [0.29, 0.717) is 5.56 Å².